The molecule has 0 heterocycles. The molecule has 1 aliphatic carbocycles. The number of carbonyl (C=O) groups is 1. The lowest BCUT2D eigenvalue weighted by atomic mass is 9.82. The smallest absolute Gasteiger partial charge is 0.164 e. The number of carbonyl (C=O) groups excluding carboxylic acids is 1. The molecule has 2 heteroatoms. The van der Waals surface area contributed by atoms with Gasteiger partial charge in [0.25, 0.3) is 0 Å². The second kappa shape index (κ2) is 3.50. The molecule has 74 valence electrons. The first-order valence-electron chi connectivity index (χ1n) is 4.93. The van der Waals surface area contributed by atoms with E-state index in [0.29, 0.717) is 12.3 Å². The molecule has 14 heavy (non-hydrogen) atoms. The summed E-state index contributed by atoms with van der Waals surface area (Å²) in [6.07, 6.45) is 1.68. The number of hydrogen-bond donors (Lipinski definition) is 0. The molecule has 1 aromatic rings. The maximum atomic E-state index is 11.7. The lowest BCUT2D eigenvalue weighted by molar-refractivity contribution is 0.0967. The normalized spacial score (nSPS) is 20.8. The topological polar surface area (TPSA) is 17.1 Å². The summed E-state index contributed by atoms with van der Waals surface area (Å²) < 4.78 is 0.962. The number of fused-ring (bicyclic) bond motifs is 1. The molecule has 0 fully saturated rings. The Hall–Kier alpha value is -0.630. The van der Waals surface area contributed by atoms with Crippen LogP contribution in [-0.2, 0) is 0 Å². The van der Waals surface area contributed by atoms with Gasteiger partial charge in [0.2, 0.25) is 0 Å². The largest absolute Gasteiger partial charge is 0.294 e. The van der Waals surface area contributed by atoms with Crippen LogP contribution in [-0.4, -0.2) is 5.78 Å². The standard InChI is InChI=1S/C12H13BrO/c1-7-5-9-8(2)3-4-11(14)12(9)10(13)6-7/h5-6,8H,3-4H2,1-2H3. The summed E-state index contributed by atoms with van der Waals surface area (Å²) in [6, 6.07) is 4.16. The molecule has 0 radical (unpaired) electrons. The van der Waals surface area contributed by atoms with Gasteiger partial charge >= 0.3 is 0 Å². The van der Waals surface area contributed by atoms with Crippen LogP contribution in [0.5, 0.6) is 0 Å². The maximum Gasteiger partial charge on any atom is 0.164 e. The van der Waals surface area contributed by atoms with Gasteiger partial charge in [-0.3, -0.25) is 4.79 Å². The van der Waals surface area contributed by atoms with Crippen LogP contribution < -0.4 is 0 Å². The second-order valence-electron chi connectivity index (χ2n) is 4.07. The minimum atomic E-state index is 0.282. The van der Waals surface area contributed by atoms with Gasteiger partial charge in [0.15, 0.2) is 5.78 Å². The first-order valence-corrected chi connectivity index (χ1v) is 5.72. The molecular weight excluding hydrogens is 240 g/mol. The van der Waals surface area contributed by atoms with Gasteiger partial charge in [0, 0.05) is 16.5 Å². The summed E-state index contributed by atoms with van der Waals surface area (Å²) in [4.78, 5) is 11.7. The molecule has 0 saturated carbocycles. The number of hydrogen-bond acceptors (Lipinski definition) is 1. The summed E-state index contributed by atoms with van der Waals surface area (Å²) in [5, 5.41) is 0. The highest BCUT2D eigenvalue weighted by Gasteiger charge is 2.24. The summed E-state index contributed by atoms with van der Waals surface area (Å²) in [5.74, 6) is 0.795. The van der Waals surface area contributed by atoms with Crippen molar-refractivity contribution in [3.05, 3.63) is 33.3 Å². The highest BCUT2D eigenvalue weighted by Crippen LogP contribution is 2.35. The van der Waals surface area contributed by atoms with Gasteiger partial charge in [-0.1, -0.05) is 28.9 Å². The number of Topliss-reactive ketones (excluding diaryl/α,β-unsaturated/α-hetero) is 1. The SMILES string of the molecule is Cc1cc(Br)c2c(c1)C(C)CCC2=O. The number of halogens is 1. The zero-order valence-corrected chi connectivity index (χ0v) is 10.0. The Balaban J connectivity index is 2.66. The Bertz CT molecular complexity index is 396. The minimum absolute atomic E-state index is 0.282. The third-order valence-electron chi connectivity index (χ3n) is 2.88. The van der Waals surface area contributed by atoms with E-state index in [-0.39, 0.29) is 5.78 Å². The lowest BCUT2D eigenvalue weighted by Crippen LogP contribution is -2.14. The summed E-state index contributed by atoms with van der Waals surface area (Å²) in [7, 11) is 0. The van der Waals surface area contributed by atoms with Crippen molar-refractivity contribution >= 4 is 21.7 Å². The molecule has 0 N–H and O–H groups in total. The number of benzene rings is 1. The van der Waals surface area contributed by atoms with Gasteiger partial charge in [0.05, 0.1) is 0 Å². The predicted molar refractivity (Wildman–Crippen MR) is 60.9 cm³/mol. The Labute approximate surface area is 92.6 Å². The van der Waals surface area contributed by atoms with E-state index in [1.165, 1.54) is 11.1 Å². The van der Waals surface area contributed by atoms with E-state index in [4.69, 9.17) is 0 Å². The molecular formula is C12H13BrO. The second-order valence-corrected chi connectivity index (χ2v) is 4.93. The van der Waals surface area contributed by atoms with Gasteiger partial charge in [-0.2, -0.15) is 0 Å². The molecule has 0 aliphatic heterocycles. The number of ketones is 1. The fourth-order valence-corrected chi connectivity index (χ4v) is 2.89. The maximum absolute atomic E-state index is 11.7. The van der Waals surface area contributed by atoms with Crippen molar-refractivity contribution in [2.24, 2.45) is 0 Å². The summed E-state index contributed by atoms with van der Waals surface area (Å²) in [6.45, 7) is 4.26. The molecule has 2 rings (SSSR count). The molecule has 0 spiro atoms. The van der Waals surface area contributed by atoms with Gasteiger partial charge in [-0.05, 0) is 36.5 Å². The van der Waals surface area contributed by atoms with Crippen LogP contribution in [0.2, 0.25) is 0 Å². The molecule has 0 bridgehead atoms. The van der Waals surface area contributed by atoms with E-state index in [1.807, 2.05) is 6.07 Å². The van der Waals surface area contributed by atoms with Crippen LogP contribution in [0.1, 0.15) is 47.2 Å². The Morgan fingerprint density at radius 1 is 1.43 bits per heavy atom. The molecule has 1 nitrogen and oxygen atoms in total. The summed E-state index contributed by atoms with van der Waals surface area (Å²) >= 11 is 3.48. The first kappa shape index (κ1) is 9.91. The van der Waals surface area contributed by atoms with Gasteiger partial charge in [0.1, 0.15) is 0 Å². The van der Waals surface area contributed by atoms with E-state index in [0.717, 1.165) is 16.5 Å². The molecule has 1 aromatic carbocycles. The van der Waals surface area contributed by atoms with Crippen molar-refractivity contribution in [3.63, 3.8) is 0 Å². The zero-order chi connectivity index (χ0) is 10.3. The molecule has 0 amide bonds. The van der Waals surface area contributed by atoms with Gasteiger partial charge in [-0.15, -0.1) is 0 Å². The van der Waals surface area contributed by atoms with E-state index < -0.39 is 0 Å². The van der Waals surface area contributed by atoms with E-state index >= 15 is 0 Å². The van der Waals surface area contributed by atoms with Gasteiger partial charge < -0.3 is 0 Å². The minimum Gasteiger partial charge on any atom is -0.294 e. The van der Waals surface area contributed by atoms with E-state index in [1.54, 1.807) is 0 Å². The van der Waals surface area contributed by atoms with E-state index in [2.05, 4.69) is 35.8 Å². The van der Waals surface area contributed by atoms with Crippen molar-refractivity contribution in [2.75, 3.05) is 0 Å². The average Bonchev–Trinajstić information content (AvgIpc) is 2.10. The van der Waals surface area contributed by atoms with Crippen molar-refractivity contribution in [3.8, 4) is 0 Å². The first-order chi connectivity index (χ1) is 6.59. The van der Waals surface area contributed by atoms with Crippen molar-refractivity contribution in [1.29, 1.82) is 0 Å². The Morgan fingerprint density at radius 2 is 2.14 bits per heavy atom. The average molecular weight is 253 g/mol. The van der Waals surface area contributed by atoms with Crippen LogP contribution in [0.15, 0.2) is 16.6 Å². The van der Waals surface area contributed by atoms with Crippen molar-refractivity contribution < 1.29 is 4.79 Å². The Morgan fingerprint density at radius 3 is 2.86 bits per heavy atom. The quantitative estimate of drug-likeness (QED) is 0.686. The van der Waals surface area contributed by atoms with Crippen LogP contribution in [0.3, 0.4) is 0 Å². The number of rotatable bonds is 0. The zero-order valence-electron chi connectivity index (χ0n) is 8.43. The molecule has 1 unspecified atom stereocenters. The lowest BCUT2D eigenvalue weighted by Gasteiger charge is -2.22. The van der Waals surface area contributed by atoms with Gasteiger partial charge in [-0.25, -0.2) is 0 Å². The fraction of sp³-hybridized carbons (Fsp3) is 0.417. The van der Waals surface area contributed by atoms with Crippen LogP contribution in [0.25, 0.3) is 0 Å². The van der Waals surface area contributed by atoms with Crippen LogP contribution in [0.4, 0.5) is 0 Å². The number of aryl methyl sites for hydroxylation is 1. The highest BCUT2D eigenvalue weighted by atomic mass is 79.9. The highest BCUT2D eigenvalue weighted by molar-refractivity contribution is 9.10. The monoisotopic (exact) mass is 252 g/mol. The molecule has 0 saturated heterocycles. The Kier molecular flexibility index (Phi) is 2.48. The third kappa shape index (κ3) is 1.52. The molecule has 0 aromatic heterocycles. The van der Waals surface area contributed by atoms with Crippen molar-refractivity contribution in [2.45, 2.75) is 32.6 Å². The third-order valence-corrected chi connectivity index (χ3v) is 3.50. The summed E-state index contributed by atoms with van der Waals surface area (Å²) in [5.41, 5.74) is 3.35. The van der Waals surface area contributed by atoms with Crippen LogP contribution >= 0.6 is 15.9 Å². The molecule has 1 atom stereocenters. The van der Waals surface area contributed by atoms with Crippen molar-refractivity contribution in [1.82, 2.24) is 0 Å². The fourth-order valence-electron chi connectivity index (χ4n) is 2.08. The molecule has 1 aliphatic rings. The van der Waals surface area contributed by atoms with E-state index in [9.17, 15) is 4.79 Å². The predicted octanol–water partition coefficient (Wildman–Crippen LogP) is 3.84. The van der Waals surface area contributed by atoms with Crippen LogP contribution in [0, 0.1) is 6.92 Å².